The second-order valence-corrected chi connectivity index (χ2v) is 8.13. The summed E-state index contributed by atoms with van der Waals surface area (Å²) in [5.41, 5.74) is -0.413. The Morgan fingerprint density at radius 2 is 1.68 bits per heavy atom. The Hall–Kier alpha value is -4.38. The zero-order chi connectivity index (χ0) is 26.3. The summed E-state index contributed by atoms with van der Waals surface area (Å²) in [4.78, 5) is 25.2. The molecule has 2 aromatic carbocycles. The molecule has 3 aromatic heterocycles. The van der Waals surface area contributed by atoms with E-state index in [0.29, 0.717) is 11.3 Å². The second kappa shape index (κ2) is 9.25. The first kappa shape index (κ1) is 24.3. The number of alkyl halides is 3. The van der Waals surface area contributed by atoms with E-state index in [9.17, 15) is 26.7 Å². The van der Waals surface area contributed by atoms with Gasteiger partial charge in [0.25, 0.3) is 5.91 Å². The van der Waals surface area contributed by atoms with Crippen LogP contribution < -0.4 is 5.32 Å². The topological polar surface area (TPSA) is 72.2 Å². The highest BCUT2D eigenvalue weighted by atomic mass is 35.5. The van der Waals surface area contributed by atoms with Crippen LogP contribution in [-0.2, 0) is 6.18 Å². The van der Waals surface area contributed by atoms with Gasteiger partial charge in [0.2, 0.25) is 5.28 Å². The number of hydrogen-bond donors (Lipinski definition) is 1. The van der Waals surface area contributed by atoms with Crippen LogP contribution in [0.25, 0.3) is 28.3 Å². The Bertz CT molecular complexity index is 1650. The molecule has 0 fully saturated rings. The third-order valence-electron chi connectivity index (χ3n) is 5.42. The number of fused-ring (bicyclic) bond motifs is 1. The number of para-hydroxylation sites is 1. The highest BCUT2D eigenvalue weighted by Crippen LogP contribution is 2.35. The third kappa shape index (κ3) is 4.73. The van der Waals surface area contributed by atoms with Gasteiger partial charge < -0.3 is 5.32 Å². The lowest BCUT2D eigenvalue weighted by molar-refractivity contribution is -0.137. The molecule has 0 spiro atoms. The minimum atomic E-state index is -4.59. The van der Waals surface area contributed by atoms with E-state index in [4.69, 9.17) is 11.6 Å². The molecule has 0 aliphatic rings. The first-order chi connectivity index (χ1) is 17.6. The van der Waals surface area contributed by atoms with Crippen LogP contribution in [0.4, 0.5) is 27.6 Å². The van der Waals surface area contributed by atoms with Gasteiger partial charge in [-0.2, -0.15) is 13.2 Å². The number of nitrogens with one attached hydrogen (secondary N) is 1. The van der Waals surface area contributed by atoms with Gasteiger partial charge in [0.05, 0.1) is 22.6 Å². The van der Waals surface area contributed by atoms with Crippen molar-refractivity contribution >= 4 is 28.8 Å². The summed E-state index contributed by atoms with van der Waals surface area (Å²) in [6.07, 6.45) is -2.01. The fraction of sp³-hybridized carbons (Fsp3) is 0.0400. The molecule has 0 aliphatic carbocycles. The average molecular weight is 530 g/mol. The van der Waals surface area contributed by atoms with E-state index < -0.39 is 35.0 Å². The largest absolute Gasteiger partial charge is 0.416 e. The van der Waals surface area contributed by atoms with E-state index in [1.807, 2.05) is 0 Å². The number of halogens is 6. The summed E-state index contributed by atoms with van der Waals surface area (Å²) in [6, 6.07) is 12.3. The second-order valence-electron chi connectivity index (χ2n) is 7.79. The number of hydrogen-bond acceptors (Lipinski definition) is 4. The summed E-state index contributed by atoms with van der Waals surface area (Å²) < 4.78 is 69.4. The Morgan fingerprint density at radius 1 is 0.946 bits per heavy atom. The van der Waals surface area contributed by atoms with Crippen LogP contribution >= 0.6 is 11.6 Å². The first-order valence-corrected chi connectivity index (χ1v) is 10.9. The van der Waals surface area contributed by atoms with Crippen LogP contribution in [-0.4, -0.2) is 25.3 Å². The molecule has 0 unspecified atom stereocenters. The van der Waals surface area contributed by atoms with Crippen molar-refractivity contribution in [3.63, 3.8) is 0 Å². The highest BCUT2D eigenvalue weighted by Gasteiger charge is 2.31. The molecule has 0 saturated heterocycles. The molecule has 186 valence electrons. The molecule has 3 heterocycles. The smallest absolute Gasteiger partial charge is 0.317 e. The van der Waals surface area contributed by atoms with Gasteiger partial charge in [-0.25, -0.2) is 23.7 Å². The summed E-state index contributed by atoms with van der Waals surface area (Å²) >= 11 is 5.95. The van der Waals surface area contributed by atoms with Crippen molar-refractivity contribution in [1.82, 2.24) is 19.4 Å². The third-order valence-corrected chi connectivity index (χ3v) is 5.60. The normalized spacial score (nSPS) is 11.6. The molecule has 6 nitrogen and oxygen atoms in total. The van der Waals surface area contributed by atoms with Gasteiger partial charge in [0.1, 0.15) is 23.0 Å². The van der Waals surface area contributed by atoms with Gasteiger partial charge in [-0.3, -0.25) is 9.20 Å². The number of benzene rings is 2. The predicted octanol–water partition coefficient (Wildman–Crippen LogP) is 6.66. The average Bonchev–Trinajstić information content (AvgIpc) is 3.25. The fourth-order valence-corrected chi connectivity index (χ4v) is 3.89. The molecule has 0 radical (unpaired) electrons. The Kier molecular flexibility index (Phi) is 6.08. The monoisotopic (exact) mass is 529 g/mol. The Labute approximate surface area is 210 Å². The van der Waals surface area contributed by atoms with Crippen LogP contribution in [0.5, 0.6) is 0 Å². The molecule has 5 aromatic rings. The minimum absolute atomic E-state index is 0.0276. The summed E-state index contributed by atoms with van der Waals surface area (Å²) in [5, 5.41) is 2.11. The fourth-order valence-electron chi connectivity index (χ4n) is 3.74. The van der Waals surface area contributed by atoms with E-state index >= 15 is 0 Å². The quantitative estimate of drug-likeness (QED) is 0.209. The van der Waals surface area contributed by atoms with Gasteiger partial charge in [-0.05, 0) is 54.1 Å². The van der Waals surface area contributed by atoms with Crippen molar-refractivity contribution in [2.45, 2.75) is 6.18 Å². The van der Waals surface area contributed by atoms with Crippen molar-refractivity contribution in [3.8, 4) is 22.6 Å². The predicted molar refractivity (Wildman–Crippen MR) is 126 cm³/mol. The Morgan fingerprint density at radius 3 is 2.38 bits per heavy atom. The summed E-state index contributed by atoms with van der Waals surface area (Å²) in [5.74, 6) is -2.71. The van der Waals surface area contributed by atoms with E-state index in [-0.39, 0.29) is 27.9 Å². The number of nitrogens with zero attached hydrogens (tertiary/aromatic N) is 4. The molecule has 0 aliphatic heterocycles. The molecule has 1 N–H and O–H groups in total. The number of carbonyl (C=O) groups excluding carboxylic acids is 1. The van der Waals surface area contributed by atoms with E-state index in [0.717, 1.165) is 30.3 Å². The molecule has 1 amide bonds. The number of carbonyl (C=O) groups is 1. The maximum atomic E-state index is 14.0. The van der Waals surface area contributed by atoms with Crippen LogP contribution in [0.1, 0.15) is 15.9 Å². The first-order valence-electron chi connectivity index (χ1n) is 10.6. The number of imidazole rings is 1. The van der Waals surface area contributed by atoms with Crippen LogP contribution in [0.3, 0.4) is 0 Å². The van der Waals surface area contributed by atoms with Crippen molar-refractivity contribution < 1.29 is 26.7 Å². The summed E-state index contributed by atoms with van der Waals surface area (Å²) in [6.45, 7) is 0. The molecule has 0 saturated carbocycles. The van der Waals surface area contributed by atoms with Crippen molar-refractivity contribution in [1.29, 1.82) is 0 Å². The van der Waals surface area contributed by atoms with Gasteiger partial charge in [-0.15, -0.1) is 0 Å². The number of rotatable bonds is 4. The standard InChI is InChI=1S/C25H13ClF5N5O/c26-24-32-9-7-18(33-24)22-20(34-19-12-15(25(29,30)31)8-10-36(19)22)13-3-1-4-14(11-13)23(37)35-21-16(27)5-2-6-17(21)28/h1-12H,(H,35,37). The van der Waals surface area contributed by atoms with Crippen molar-refractivity contribution in [2.24, 2.45) is 0 Å². The lowest BCUT2D eigenvalue weighted by Crippen LogP contribution is -2.14. The number of pyridine rings is 1. The lowest BCUT2D eigenvalue weighted by atomic mass is 10.0. The molecule has 37 heavy (non-hydrogen) atoms. The number of amides is 1. The zero-order valence-electron chi connectivity index (χ0n) is 18.4. The molecular formula is C25H13ClF5N5O. The van der Waals surface area contributed by atoms with Gasteiger partial charge in [0, 0.05) is 23.5 Å². The number of anilines is 1. The molecule has 5 rings (SSSR count). The maximum Gasteiger partial charge on any atom is 0.416 e. The zero-order valence-corrected chi connectivity index (χ0v) is 19.1. The molecule has 12 heteroatoms. The van der Waals surface area contributed by atoms with Crippen LogP contribution in [0.15, 0.2) is 73.1 Å². The molecule has 0 bridgehead atoms. The van der Waals surface area contributed by atoms with Gasteiger partial charge in [0.15, 0.2) is 0 Å². The van der Waals surface area contributed by atoms with Crippen molar-refractivity contribution in [3.05, 3.63) is 101 Å². The highest BCUT2D eigenvalue weighted by molar-refractivity contribution is 6.28. The van der Waals surface area contributed by atoms with E-state index in [2.05, 4.69) is 20.3 Å². The maximum absolute atomic E-state index is 14.0. The van der Waals surface area contributed by atoms with E-state index in [1.165, 1.54) is 41.1 Å². The molecular weight excluding hydrogens is 517 g/mol. The van der Waals surface area contributed by atoms with Crippen LogP contribution in [0, 0.1) is 11.6 Å². The Balaban J connectivity index is 1.64. The minimum Gasteiger partial charge on any atom is -0.317 e. The summed E-state index contributed by atoms with van der Waals surface area (Å²) in [7, 11) is 0. The lowest BCUT2D eigenvalue weighted by Gasteiger charge is -2.09. The van der Waals surface area contributed by atoms with Gasteiger partial charge in [-0.1, -0.05) is 18.2 Å². The van der Waals surface area contributed by atoms with Crippen LogP contribution in [0.2, 0.25) is 5.28 Å². The SMILES string of the molecule is O=C(Nc1c(F)cccc1F)c1cccc(-c2nc3cc(C(F)(F)F)ccn3c2-c2ccnc(Cl)n2)c1. The number of aromatic nitrogens is 4. The van der Waals surface area contributed by atoms with Gasteiger partial charge >= 0.3 is 6.18 Å². The van der Waals surface area contributed by atoms with Crippen molar-refractivity contribution in [2.75, 3.05) is 5.32 Å². The van der Waals surface area contributed by atoms with E-state index in [1.54, 1.807) is 6.07 Å². The molecule has 0 atom stereocenters.